The average Bonchev–Trinajstić information content (AvgIpc) is 3.28. The van der Waals surface area contributed by atoms with Crippen LogP contribution in [0.4, 0.5) is 0 Å². The lowest BCUT2D eigenvalue weighted by molar-refractivity contribution is 0.518. The Morgan fingerprint density at radius 2 is 0.610 bits per heavy atom. The van der Waals surface area contributed by atoms with Crippen LogP contribution in [0.1, 0.15) is 127 Å². The fraction of sp³-hybridized carbons (Fsp3) is 0.357. The molecule has 0 N–H and O–H groups in total. The van der Waals surface area contributed by atoms with E-state index in [0.29, 0.717) is 0 Å². The maximum atomic E-state index is 6.74. The second kappa shape index (κ2) is 23.8. The van der Waals surface area contributed by atoms with Gasteiger partial charge in [-0.2, -0.15) is 0 Å². The molecule has 0 unspecified atom stereocenters. The molecule has 308 valence electrons. The Labute approximate surface area is 358 Å². The molecule has 0 amide bonds. The van der Waals surface area contributed by atoms with Gasteiger partial charge >= 0.3 is 0 Å². The van der Waals surface area contributed by atoms with E-state index in [1.807, 2.05) is 0 Å². The van der Waals surface area contributed by atoms with Crippen molar-refractivity contribution in [1.29, 1.82) is 0 Å². The lowest BCUT2D eigenvalue weighted by atomic mass is 9.92. The van der Waals surface area contributed by atoms with E-state index in [2.05, 4.69) is 161 Å². The normalized spacial score (nSPS) is 11.2. The van der Waals surface area contributed by atoms with E-state index in [1.165, 1.54) is 122 Å². The molecule has 0 aliphatic rings. The molecule has 0 aromatic heterocycles. The summed E-state index contributed by atoms with van der Waals surface area (Å²) < 4.78 is 13.5. The molecule has 6 rings (SSSR count). The molecule has 0 spiro atoms. The Balaban J connectivity index is 1.31. The summed E-state index contributed by atoms with van der Waals surface area (Å²) in [6, 6.07) is 49.5. The first-order chi connectivity index (χ1) is 29.1. The quantitative estimate of drug-likeness (QED) is 0.0448. The highest BCUT2D eigenvalue weighted by Crippen LogP contribution is 2.45. The van der Waals surface area contributed by atoms with Crippen LogP contribution in [0.2, 0.25) is 0 Å². The molecule has 0 saturated carbocycles. The first kappa shape index (κ1) is 43.9. The van der Waals surface area contributed by atoms with Gasteiger partial charge in [0.2, 0.25) is 0 Å². The van der Waals surface area contributed by atoms with Gasteiger partial charge in [-0.25, -0.2) is 0 Å². The van der Waals surface area contributed by atoms with E-state index in [-0.39, 0.29) is 9.03 Å². The van der Waals surface area contributed by atoms with E-state index in [9.17, 15) is 0 Å². The molecule has 0 fully saturated rings. The molecular formula is C56H67O2P. The van der Waals surface area contributed by atoms with Gasteiger partial charge in [0.05, 0.1) is 0 Å². The fourth-order valence-corrected chi connectivity index (χ4v) is 8.68. The predicted octanol–water partition coefficient (Wildman–Crippen LogP) is 17.3. The number of unbranched alkanes of at least 4 members (excludes halogenated alkanes) is 8. The van der Waals surface area contributed by atoms with Crippen LogP contribution in [0, 0.1) is 0 Å². The summed E-state index contributed by atoms with van der Waals surface area (Å²) in [5, 5.41) is 0. The maximum absolute atomic E-state index is 6.74. The molecule has 0 heterocycles. The van der Waals surface area contributed by atoms with E-state index in [4.69, 9.17) is 9.05 Å². The molecule has 3 heteroatoms. The van der Waals surface area contributed by atoms with Crippen molar-refractivity contribution >= 4 is 9.03 Å². The molecule has 2 nitrogen and oxygen atoms in total. The Morgan fingerprint density at radius 1 is 0.322 bits per heavy atom. The van der Waals surface area contributed by atoms with Crippen LogP contribution in [-0.4, -0.2) is 0 Å². The zero-order valence-corrected chi connectivity index (χ0v) is 37.3. The van der Waals surface area contributed by atoms with Crippen molar-refractivity contribution in [3.63, 3.8) is 0 Å². The molecule has 0 saturated heterocycles. The molecule has 0 radical (unpaired) electrons. The van der Waals surface area contributed by atoms with Crippen LogP contribution < -0.4 is 9.05 Å². The summed E-state index contributed by atoms with van der Waals surface area (Å²) in [6.07, 6.45) is 19.4. The van der Waals surface area contributed by atoms with Gasteiger partial charge in [-0.3, -0.25) is 0 Å². The van der Waals surface area contributed by atoms with Gasteiger partial charge < -0.3 is 9.05 Å². The van der Waals surface area contributed by atoms with Crippen molar-refractivity contribution in [3.05, 3.63) is 156 Å². The van der Waals surface area contributed by atoms with Crippen LogP contribution in [0.25, 0.3) is 44.5 Å². The van der Waals surface area contributed by atoms with E-state index < -0.39 is 0 Å². The number of aryl methyl sites for hydroxylation is 4. The number of rotatable bonds is 24. The lowest BCUT2D eigenvalue weighted by Crippen LogP contribution is -1.95. The molecule has 0 bridgehead atoms. The second-order valence-corrected chi connectivity index (χ2v) is 16.8. The van der Waals surface area contributed by atoms with Gasteiger partial charge in [0.15, 0.2) is 0 Å². The Morgan fingerprint density at radius 3 is 0.898 bits per heavy atom. The number of hydrogen-bond donors (Lipinski definition) is 0. The zero-order chi connectivity index (χ0) is 41.1. The minimum absolute atomic E-state index is 0.232. The highest BCUT2D eigenvalue weighted by molar-refractivity contribution is 7.27. The van der Waals surface area contributed by atoms with Gasteiger partial charge in [-0.15, -0.1) is 0 Å². The van der Waals surface area contributed by atoms with Gasteiger partial charge in [0.25, 0.3) is 9.03 Å². The lowest BCUT2D eigenvalue weighted by Gasteiger charge is -2.19. The smallest absolute Gasteiger partial charge is 0.275 e. The zero-order valence-electron chi connectivity index (χ0n) is 36.3. The third-order valence-corrected chi connectivity index (χ3v) is 12.3. The second-order valence-electron chi connectivity index (χ2n) is 16.3. The van der Waals surface area contributed by atoms with Crippen LogP contribution in [-0.2, 0) is 25.7 Å². The Bertz CT molecular complexity index is 1960. The third-order valence-electron chi connectivity index (χ3n) is 11.6. The maximum Gasteiger partial charge on any atom is 0.275 e. The standard InChI is InChI=1S/C56H67O2P/c1-5-9-13-19-43-27-35-47(36-28-43)51-23-17-25-53(55(51)49-39-31-45(32-40-49)21-15-11-7-3)57-59-58-54-26-18-24-52(48-37-29-44(30-38-48)20-14-10-6-2)56(54)50-41-33-46(34-42-50)22-16-12-8-4/h17-18,23-42,59H,5-16,19-22H2,1-4H3. The van der Waals surface area contributed by atoms with Gasteiger partial charge in [0, 0.05) is 11.1 Å². The van der Waals surface area contributed by atoms with Crippen LogP contribution >= 0.6 is 9.03 Å². The molecular weight excluding hydrogens is 736 g/mol. The van der Waals surface area contributed by atoms with E-state index >= 15 is 0 Å². The summed E-state index contributed by atoms with van der Waals surface area (Å²) in [5.74, 6) is 1.67. The topological polar surface area (TPSA) is 18.5 Å². The first-order valence-electron chi connectivity index (χ1n) is 22.8. The van der Waals surface area contributed by atoms with Crippen molar-refractivity contribution in [1.82, 2.24) is 0 Å². The summed E-state index contributed by atoms with van der Waals surface area (Å²) >= 11 is 0. The van der Waals surface area contributed by atoms with Crippen molar-refractivity contribution < 1.29 is 9.05 Å². The van der Waals surface area contributed by atoms with Crippen molar-refractivity contribution in [2.45, 2.75) is 130 Å². The SMILES string of the molecule is CCCCCc1ccc(-c2cccc(OPOc3cccc(-c4ccc(CCCCC)cc4)c3-c3ccc(CCCCC)cc3)c2-c2ccc(CCCCC)cc2)cc1. The number of benzene rings is 6. The van der Waals surface area contributed by atoms with Crippen LogP contribution in [0.15, 0.2) is 133 Å². The summed E-state index contributed by atoms with van der Waals surface area (Å²) in [7, 11) is -0.232. The summed E-state index contributed by atoms with van der Waals surface area (Å²) in [5.41, 5.74) is 14.8. The number of hydrogen-bond acceptors (Lipinski definition) is 2. The largest absolute Gasteiger partial charge is 0.440 e. The van der Waals surface area contributed by atoms with Crippen LogP contribution in [0.3, 0.4) is 0 Å². The van der Waals surface area contributed by atoms with Gasteiger partial charge in [-0.1, -0.05) is 200 Å². The van der Waals surface area contributed by atoms with Crippen molar-refractivity contribution in [2.24, 2.45) is 0 Å². The van der Waals surface area contributed by atoms with E-state index in [1.54, 1.807) is 0 Å². The Hall–Kier alpha value is -4.65. The predicted molar refractivity (Wildman–Crippen MR) is 257 cm³/mol. The summed E-state index contributed by atoms with van der Waals surface area (Å²) in [6.45, 7) is 9.06. The van der Waals surface area contributed by atoms with E-state index in [0.717, 1.165) is 59.4 Å². The summed E-state index contributed by atoms with van der Waals surface area (Å²) in [4.78, 5) is 0. The molecule has 6 aromatic rings. The highest BCUT2D eigenvalue weighted by Gasteiger charge is 2.18. The van der Waals surface area contributed by atoms with Gasteiger partial charge in [0.1, 0.15) is 11.5 Å². The Kier molecular flexibility index (Phi) is 17.7. The molecule has 0 aliphatic carbocycles. The molecule has 59 heavy (non-hydrogen) atoms. The monoisotopic (exact) mass is 802 g/mol. The minimum atomic E-state index is -0.232. The third kappa shape index (κ3) is 12.7. The first-order valence-corrected chi connectivity index (χ1v) is 23.6. The fourth-order valence-electron chi connectivity index (χ4n) is 8.11. The van der Waals surface area contributed by atoms with Crippen molar-refractivity contribution in [3.8, 4) is 56.0 Å². The minimum Gasteiger partial charge on any atom is -0.440 e. The molecule has 0 atom stereocenters. The molecule has 0 aliphatic heterocycles. The van der Waals surface area contributed by atoms with Crippen molar-refractivity contribution in [2.75, 3.05) is 0 Å². The molecule has 6 aromatic carbocycles. The van der Waals surface area contributed by atoms with Gasteiger partial charge in [-0.05, 0) is 119 Å². The average molecular weight is 803 g/mol. The highest BCUT2D eigenvalue weighted by atomic mass is 31.1. The van der Waals surface area contributed by atoms with Crippen LogP contribution in [0.5, 0.6) is 11.5 Å².